The van der Waals surface area contributed by atoms with E-state index in [4.69, 9.17) is 11.6 Å². The van der Waals surface area contributed by atoms with Crippen LogP contribution in [0.2, 0.25) is 5.02 Å². The summed E-state index contributed by atoms with van der Waals surface area (Å²) in [5.41, 5.74) is 3.64. The van der Waals surface area contributed by atoms with Gasteiger partial charge in [-0.25, -0.2) is 0 Å². The summed E-state index contributed by atoms with van der Waals surface area (Å²) >= 11 is 5.94. The molecule has 1 unspecified atom stereocenters. The van der Waals surface area contributed by atoms with Crippen LogP contribution in [0.5, 0.6) is 0 Å². The van der Waals surface area contributed by atoms with Gasteiger partial charge in [-0.3, -0.25) is 14.5 Å². The van der Waals surface area contributed by atoms with Gasteiger partial charge in [0.2, 0.25) is 0 Å². The Morgan fingerprint density at radius 2 is 1.58 bits per heavy atom. The van der Waals surface area contributed by atoms with Crippen LogP contribution in [-0.4, -0.2) is 11.7 Å². The first-order chi connectivity index (χ1) is 12.6. The van der Waals surface area contributed by atoms with Crippen LogP contribution in [-0.2, 0) is 0 Å². The summed E-state index contributed by atoms with van der Waals surface area (Å²) in [6.45, 7) is 1.99. The molecule has 1 aliphatic heterocycles. The molecule has 26 heavy (non-hydrogen) atoms. The quantitative estimate of drug-likeness (QED) is 0.599. The van der Waals surface area contributed by atoms with Crippen LogP contribution in [0.4, 0.5) is 5.69 Å². The second-order valence-electron chi connectivity index (χ2n) is 6.37. The summed E-state index contributed by atoms with van der Waals surface area (Å²) in [7, 11) is 0. The summed E-state index contributed by atoms with van der Waals surface area (Å²) in [6.07, 6.45) is 0. The van der Waals surface area contributed by atoms with Gasteiger partial charge in [0.25, 0.3) is 5.91 Å². The van der Waals surface area contributed by atoms with E-state index in [0.717, 1.165) is 11.1 Å². The lowest BCUT2D eigenvalue weighted by Gasteiger charge is -2.24. The summed E-state index contributed by atoms with van der Waals surface area (Å²) in [4.78, 5) is 27.9. The lowest BCUT2D eigenvalue weighted by Crippen LogP contribution is -2.32. The monoisotopic (exact) mass is 361 g/mol. The van der Waals surface area contributed by atoms with Gasteiger partial charge >= 0.3 is 0 Å². The number of benzene rings is 3. The Labute approximate surface area is 156 Å². The Kier molecular flexibility index (Phi) is 4.09. The average molecular weight is 362 g/mol. The third kappa shape index (κ3) is 2.71. The first kappa shape index (κ1) is 16.6. The number of ketones is 1. The molecule has 3 nitrogen and oxygen atoms in total. The number of Topliss-reactive ketones (excluding diaryl/α,β-unsaturated/α-hetero) is 1. The predicted molar refractivity (Wildman–Crippen MR) is 103 cm³/mol. The van der Waals surface area contributed by atoms with Crippen molar-refractivity contribution in [1.29, 1.82) is 0 Å². The molecule has 1 atom stereocenters. The SMILES string of the molecule is Cc1ccc(N2C(=O)c3ccccc3C2C(=O)c2ccc(Cl)cc2)cc1. The van der Waals surface area contributed by atoms with Crippen molar-refractivity contribution in [1.82, 2.24) is 0 Å². The number of amides is 1. The number of hydrogen-bond donors (Lipinski definition) is 0. The van der Waals surface area contributed by atoms with Crippen molar-refractivity contribution in [2.24, 2.45) is 0 Å². The van der Waals surface area contributed by atoms with Gasteiger partial charge in [-0.1, -0.05) is 47.5 Å². The molecule has 1 amide bonds. The molecule has 1 heterocycles. The minimum Gasteiger partial charge on any atom is -0.293 e. The first-order valence-corrected chi connectivity index (χ1v) is 8.73. The lowest BCUT2D eigenvalue weighted by molar-refractivity contribution is 0.0916. The topological polar surface area (TPSA) is 37.4 Å². The zero-order valence-corrected chi connectivity index (χ0v) is 14.9. The van der Waals surface area contributed by atoms with Gasteiger partial charge in [0.1, 0.15) is 6.04 Å². The van der Waals surface area contributed by atoms with Crippen molar-refractivity contribution in [2.75, 3.05) is 4.90 Å². The number of hydrogen-bond acceptors (Lipinski definition) is 2. The molecule has 0 radical (unpaired) electrons. The lowest BCUT2D eigenvalue weighted by atomic mass is 9.96. The largest absolute Gasteiger partial charge is 0.293 e. The van der Waals surface area contributed by atoms with Crippen LogP contribution in [0, 0.1) is 6.92 Å². The number of halogens is 1. The molecular formula is C22H16ClNO2. The standard InChI is InChI=1S/C22H16ClNO2/c1-14-6-12-17(13-7-14)24-20(18-4-2-3-5-19(18)22(24)26)21(25)15-8-10-16(23)11-9-15/h2-13,20H,1H3. The first-order valence-electron chi connectivity index (χ1n) is 8.35. The minimum atomic E-state index is -0.678. The highest BCUT2D eigenvalue weighted by atomic mass is 35.5. The fourth-order valence-corrected chi connectivity index (χ4v) is 3.44. The van der Waals surface area contributed by atoms with Crippen LogP contribution in [0.15, 0.2) is 72.8 Å². The van der Waals surface area contributed by atoms with Gasteiger partial charge in [-0.05, 0) is 55.0 Å². The zero-order chi connectivity index (χ0) is 18.3. The third-order valence-corrected chi connectivity index (χ3v) is 4.90. The zero-order valence-electron chi connectivity index (χ0n) is 14.1. The Morgan fingerprint density at radius 3 is 2.27 bits per heavy atom. The van der Waals surface area contributed by atoms with Gasteiger partial charge in [-0.2, -0.15) is 0 Å². The minimum absolute atomic E-state index is 0.124. The van der Waals surface area contributed by atoms with Gasteiger partial charge in [0.15, 0.2) is 5.78 Å². The van der Waals surface area contributed by atoms with Gasteiger partial charge in [-0.15, -0.1) is 0 Å². The van der Waals surface area contributed by atoms with Crippen molar-refractivity contribution in [3.05, 3.63) is 100 Å². The molecule has 3 aromatic rings. The predicted octanol–water partition coefficient (Wildman–Crippen LogP) is 5.23. The van der Waals surface area contributed by atoms with Gasteiger partial charge in [0, 0.05) is 21.8 Å². The number of aryl methyl sites for hydroxylation is 1. The molecule has 0 bridgehead atoms. The van der Waals surface area contributed by atoms with E-state index in [0.29, 0.717) is 21.8 Å². The summed E-state index contributed by atoms with van der Waals surface area (Å²) in [5, 5.41) is 0.569. The highest BCUT2D eigenvalue weighted by molar-refractivity contribution is 6.30. The normalized spacial score (nSPS) is 15.8. The van der Waals surface area contributed by atoms with Crippen molar-refractivity contribution >= 4 is 29.0 Å². The second-order valence-corrected chi connectivity index (χ2v) is 6.81. The number of fused-ring (bicyclic) bond motifs is 1. The summed E-state index contributed by atoms with van der Waals surface area (Å²) in [6, 6.07) is 21.0. The molecule has 128 valence electrons. The average Bonchev–Trinajstić information content (AvgIpc) is 2.95. The third-order valence-electron chi connectivity index (χ3n) is 4.65. The molecule has 0 spiro atoms. The van der Waals surface area contributed by atoms with E-state index < -0.39 is 6.04 Å². The van der Waals surface area contributed by atoms with Crippen LogP contribution < -0.4 is 4.90 Å². The van der Waals surface area contributed by atoms with E-state index in [1.165, 1.54) is 0 Å². The molecule has 0 aromatic heterocycles. The molecule has 0 saturated carbocycles. The van der Waals surface area contributed by atoms with E-state index >= 15 is 0 Å². The summed E-state index contributed by atoms with van der Waals surface area (Å²) in [5.74, 6) is -0.280. The molecule has 4 heteroatoms. The molecule has 0 fully saturated rings. The Balaban J connectivity index is 1.84. The van der Waals surface area contributed by atoms with Crippen LogP contribution in [0.25, 0.3) is 0 Å². The van der Waals surface area contributed by atoms with E-state index in [9.17, 15) is 9.59 Å². The number of anilines is 1. The molecule has 0 N–H and O–H groups in total. The van der Waals surface area contributed by atoms with E-state index in [1.807, 2.05) is 49.4 Å². The van der Waals surface area contributed by atoms with E-state index in [2.05, 4.69) is 0 Å². The fourth-order valence-electron chi connectivity index (χ4n) is 3.32. The maximum Gasteiger partial charge on any atom is 0.259 e. The number of nitrogens with zero attached hydrogens (tertiary/aromatic N) is 1. The molecule has 0 saturated heterocycles. The molecule has 0 aliphatic carbocycles. The highest BCUT2D eigenvalue weighted by Crippen LogP contribution is 2.39. The highest BCUT2D eigenvalue weighted by Gasteiger charge is 2.41. The second kappa shape index (κ2) is 6.43. The molecule has 4 rings (SSSR count). The van der Waals surface area contributed by atoms with Crippen LogP contribution in [0.3, 0.4) is 0 Å². The van der Waals surface area contributed by atoms with Gasteiger partial charge < -0.3 is 0 Å². The van der Waals surface area contributed by atoms with E-state index in [1.54, 1.807) is 35.2 Å². The maximum absolute atomic E-state index is 13.3. The Bertz CT molecular complexity index is 993. The fraction of sp³-hybridized carbons (Fsp3) is 0.0909. The summed E-state index contributed by atoms with van der Waals surface area (Å²) < 4.78 is 0. The van der Waals surface area contributed by atoms with Crippen molar-refractivity contribution in [3.63, 3.8) is 0 Å². The molecular weight excluding hydrogens is 346 g/mol. The number of carbonyl (C=O) groups excluding carboxylic acids is 2. The maximum atomic E-state index is 13.3. The number of rotatable bonds is 3. The molecule has 3 aromatic carbocycles. The van der Waals surface area contributed by atoms with Crippen LogP contribution >= 0.6 is 11.6 Å². The van der Waals surface area contributed by atoms with Gasteiger partial charge in [0.05, 0.1) is 0 Å². The smallest absolute Gasteiger partial charge is 0.259 e. The van der Waals surface area contributed by atoms with Crippen LogP contribution in [0.1, 0.15) is 37.9 Å². The Morgan fingerprint density at radius 1 is 0.923 bits per heavy atom. The Hall–Kier alpha value is -2.91. The van der Waals surface area contributed by atoms with Crippen molar-refractivity contribution in [2.45, 2.75) is 13.0 Å². The van der Waals surface area contributed by atoms with Crippen molar-refractivity contribution in [3.8, 4) is 0 Å². The van der Waals surface area contributed by atoms with E-state index in [-0.39, 0.29) is 11.7 Å². The van der Waals surface area contributed by atoms with Crippen molar-refractivity contribution < 1.29 is 9.59 Å². The number of carbonyl (C=O) groups is 2. The molecule has 1 aliphatic rings.